The number of halogens is 1. The predicted octanol–water partition coefficient (Wildman–Crippen LogP) is 0.243. The van der Waals surface area contributed by atoms with Crippen molar-refractivity contribution >= 4 is 17.6 Å². The second-order valence-electron chi connectivity index (χ2n) is 6.66. The van der Waals surface area contributed by atoms with Crippen molar-refractivity contribution in [2.45, 2.75) is 25.4 Å². The summed E-state index contributed by atoms with van der Waals surface area (Å²) in [6.07, 6.45) is 2.49. The molecule has 0 aromatic carbocycles. The smallest absolute Gasteiger partial charge is 0.256 e. The number of piperazine rings is 1. The largest absolute Gasteiger partial charge is 0.378 e. The van der Waals surface area contributed by atoms with Gasteiger partial charge in [0.2, 0.25) is 5.91 Å². The number of aromatic nitrogens is 1. The summed E-state index contributed by atoms with van der Waals surface area (Å²) in [7, 11) is 0. The summed E-state index contributed by atoms with van der Waals surface area (Å²) in [6.45, 7) is 3.72. The van der Waals surface area contributed by atoms with Gasteiger partial charge in [-0.3, -0.25) is 9.59 Å². The number of hydrogen-bond donors (Lipinski definition) is 1. The second kappa shape index (κ2) is 6.95. The molecule has 2 aliphatic rings. The third kappa shape index (κ3) is 3.58. The highest BCUT2D eigenvalue weighted by Gasteiger charge is 2.44. The van der Waals surface area contributed by atoms with Crippen LogP contribution >= 0.6 is 0 Å². The lowest BCUT2D eigenvalue weighted by molar-refractivity contribution is -0.160. The van der Waals surface area contributed by atoms with E-state index >= 15 is 0 Å². The summed E-state index contributed by atoms with van der Waals surface area (Å²) in [5, 5.41) is 10.8. The van der Waals surface area contributed by atoms with E-state index < -0.39 is 5.60 Å². The third-order valence-corrected chi connectivity index (χ3v) is 4.92. The first-order valence-corrected chi connectivity index (χ1v) is 8.53. The number of nitrogens with zero attached hydrogens (tertiary/aromatic N) is 4. The van der Waals surface area contributed by atoms with Crippen molar-refractivity contribution in [3.63, 3.8) is 0 Å². The minimum absolute atomic E-state index is 0.0379. The summed E-state index contributed by atoms with van der Waals surface area (Å²) in [5.41, 5.74) is -1.53. The van der Waals surface area contributed by atoms with E-state index in [1.54, 1.807) is 9.80 Å². The Morgan fingerprint density at radius 3 is 2.56 bits per heavy atom. The number of hydrogen-bond acceptors (Lipinski definition) is 5. The Balaban J connectivity index is 1.63. The summed E-state index contributed by atoms with van der Waals surface area (Å²) in [5.74, 6) is -0.583. The van der Waals surface area contributed by atoms with Gasteiger partial charge in [0.05, 0.1) is 6.54 Å². The minimum Gasteiger partial charge on any atom is -0.378 e. The van der Waals surface area contributed by atoms with Crippen molar-refractivity contribution in [2.75, 3.05) is 44.2 Å². The standard InChI is InChI=1S/C17H23FN4O3/c1-13(23)22-7-3-5-17(25,12-22)16(24)21-10-8-20(9-11-21)15-14(18)4-2-6-19-15/h2,4,6,25H,3,5,7-12H2,1H3. The van der Waals surface area contributed by atoms with Crippen LogP contribution in [0.4, 0.5) is 10.2 Å². The Labute approximate surface area is 146 Å². The lowest BCUT2D eigenvalue weighted by Gasteiger charge is -2.43. The summed E-state index contributed by atoms with van der Waals surface area (Å²) >= 11 is 0. The van der Waals surface area contributed by atoms with Gasteiger partial charge in [-0.25, -0.2) is 9.37 Å². The molecule has 3 heterocycles. The maximum absolute atomic E-state index is 13.8. The number of carbonyl (C=O) groups excluding carboxylic acids is 2. The first-order chi connectivity index (χ1) is 11.9. The van der Waals surface area contributed by atoms with E-state index in [0.717, 1.165) is 0 Å². The van der Waals surface area contributed by atoms with Gasteiger partial charge in [-0.05, 0) is 25.0 Å². The summed E-state index contributed by atoms with van der Waals surface area (Å²) in [6, 6.07) is 2.90. The fourth-order valence-electron chi connectivity index (χ4n) is 3.51. The van der Waals surface area contributed by atoms with Crippen molar-refractivity contribution in [3.8, 4) is 0 Å². The number of rotatable bonds is 2. The molecule has 1 aromatic rings. The molecule has 8 heteroatoms. The molecule has 1 N–H and O–H groups in total. The van der Waals surface area contributed by atoms with Gasteiger partial charge in [0.1, 0.15) is 0 Å². The van der Waals surface area contributed by atoms with Crippen LogP contribution in [0.2, 0.25) is 0 Å². The summed E-state index contributed by atoms with van der Waals surface area (Å²) in [4.78, 5) is 33.3. The molecule has 2 aliphatic heterocycles. The number of likely N-dealkylation sites (tertiary alicyclic amines) is 1. The van der Waals surface area contributed by atoms with Crippen LogP contribution in [-0.4, -0.2) is 76.6 Å². The summed E-state index contributed by atoms with van der Waals surface area (Å²) < 4.78 is 13.8. The molecule has 3 rings (SSSR count). The number of β-amino-alcohol motifs (C(OH)–C–C–N with tert-alkyl or cyclic N) is 1. The third-order valence-electron chi connectivity index (χ3n) is 4.92. The van der Waals surface area contributed by atoms with E-state index in [1.165, 1.54) is 30.2 Å². The zero-order valence-corrected chi connectivity index (χ0v) is 14.3. The monoisotopic (exact) mass is 350 g/mol. The van der Waals surface area contributed by atoms with Crippen LogP contribution in [0.3, 0.4) is 0 Å². The van der Waals surface area contributed by atoms with Gasteiger partial charge in [-0.15, -0.1) is 0 Å². The van der Waals surface area contributed by atoms with Gasteiger partial charge in [0, 0.05) is 45.8 Å². The average Bonchev–Trinajstić information content (AvgIpc) is 2.62. The van der Waals surface area contributed by atoms with Gasteiger partial charge in [0.15, 0.2) is 17.2 Å². The van der Waals surface area contributed by atoms with Crippen LogP contribution in [0.25, 0.3) is 0 Å². The minimum atomic E-state index is -1.53. The molecule has 2 amide bonds. The maximum atomic E-state index is 13.8. The molecule has 0 saturated carbocycles. The highest BCUT2D eigenvalue weighted by Crippen LogP contribution is 2.25. The topological polar surface area (TPSA) is 77.0 Å². The van der Waals surface area contributed by atoms with E-state index in [9.17, 15) is 19.1 Å². The van der Waals surface area contributed by atoms with Crippen molar-refractivity contribution < 1.29 is 19.1 Å². The second-order valence-corrected chi connectivity index (χ2v) is 6.66. The SMILES string of the molecule is CC(=O)N1CCCC(O)(C(=O)N2CCN(c3ncccc3F)CC2)C1. The molecular formula is C17H23FN4O3. The lowest BCUT2D eigenvalue weighted by atomic mass is 9.91. The Bertz CT molecular complexity index is 663. The number of amides is 2. The molecule has 0 spiro atoms. The molecule has 0 bridgehead atoms. The van der Waals surface area contributed by atoms with E-state index in [-0.39, 0.29) is 30.0 Å². The number of aliphatic hydroxyl groups is 1. The first kappa shape index (κ1) is 17.6. The molecule has 7 nitrogen and oxygen atoms in total. The average molecular weight is 350 g/mol. The lowest BCUT2D eigenvalue weighted by Crippen LogP contribution is -2.61. The molecule has 0 radical (unpaired) electrons. The predicted molar refractivity (Wildman–Crippen MR) is 89.4 cm³/mol. The van der Waals surface area contributed by atoms with Crippen LogP contribution in [0.1, 0.15) is 19.8 Å². The molecule has 2 fully saturated rings. The molecule has 1 atom stereocenters. The van der Waals surface area contributed by atoms with E-state index in [0.29, 0.717) is 45.6 Å². The maximum Gasteiger partial charge on any atom is 0.256 e. The quantitative estimate of drug-likeness (QED) is 0.827. The molecule has 1 unspecified atom stereocenters. The van der Waals surface area contributed by atoms with Crippen molar-refractivity contribution in [1.82, 2.24) is 14.8 Å². The highest BCUT2D eigenvalue weighted by atomic mass is 19.1. The molecular weight excluding hydrogens is 327 g/mol. The molecule has 2 saturated heterocycles. The molecule has 25 heavy (non-hydrogen) atoms. The van der Waals surface area contributed by atoms with Crippen molar-refractivity contribution in [2.24, 2.45) is 0 Å². The molecule has 1 aromatic heterocycles. The van der Waals surface area contributed by atoms with Gasteiger partial charge < -0.3 is 19.8 Å². The molecule has 136 valence electrons. The van der Waals surface area contributed by atoms with Crippen molar-refractivity contribution in [1.29, 1.82) is 0 Å². The normalized spacial score (nSPS) is 24.4. The van der Waals surface area contributed by atoms with Crippen LogP contribution in [0.5, 0.6) is 0 Å². The van der Waals surface area contributed by atoms with Gasteiger partial charge in [0.25, 0.3) is 5.91 Å². The number of pyridine rings is 1. The van der Waals surface area contributed by atoms with Gasteiger partial charge in [-0.2, -0.15) is 0 Å². The number of carbonyl (C=O) groups is 2. The Morgan fingerprint density at radius 1 is 1.20 bits per heavy atom. The Hall–Kier alpha value is -2.22. The molecule has 0 aliphatic carbocycles. The van der Waals surface area contributed by atoms with E-state index in [4.69, 9.17) is 0 Å². The zero-order valence-electron chi connectivity index (χ0n) is 14.3. The fourth-order valence-corrected chi connectivity index (χ4v) is 3.51. The highest BCUT2D eigenvalue weighted by molar-refractivity contribution is 5.86. The van der Waals surface area contributed by atoms with Crippen molar-refractivity contribution in [3.05, 3.63) is 24.1 Å². The number of anilines is 1. The number of piperidine rings is 1. The van der Waals surface area contributed by atoms with Gasteiger partial charge in [-0.1, -0.05) is 0 Å². The Kier molecular flexibility index (Phi) is 4.89. The van der Waals surface area contributed by atoms with E-state index in [1.807, 2.05) is 0 Å². The van der Waals surface area contributed by atoms with Crippen LogP contribution in [0, 0.1) is 5.82 Å². The first-order valence-electron chi connectivity index (χ1n) is 8.53. The fraction of sp³-hybridized carbons (Fsp3) is 0.588. The Morgan fingerprint density at radius 2 is 1.92 bits per heavy atom. The van der Waals surface area contributed by atoms with Crippen LogP contribution in [-0.2, 0) is 9.59 Å². The van der Waals surface area contributed by atoms with Crippen LogP contribution in [0.15, 0.2) is 18.3 Å². The zero-order chi connectivity index (χ0) is 18.0. The van der Waals surface area contributed by atoms with Gasteiger partial charge >= 0.3 is 0 Å². The van der Waals surface area contributed by atoms with E-state index in [2.05, 4.69) is 4.98 Å². The van der Waals surface area contributed by atoms with Crippen LogP contribution < -0.4 is 4.90 Å².